The number of primary sulfonamides is 1. The molecule has 0 bridgehead atoms. The minimum atomic E-state index is -3.81. The summed E-state index contributed by atoms with van der Waals surface area (Å²) >= 11 is 5.76. The number of sulfonamides is 1. The molecule has 3 N–H and O–H groups in total. The minimum Gasteiger partial charge on any atom is -0.491 e. The Hall–Kier alpha value is -1.31. The second kappa shape index (κ2) is 5.35. The van der Waals surface area contributed by atoms with Gasteiger partial charge in [0.2, 0.25) is 10.0 Å². The molecule has 0 spiro atoms. The van der Waals surface area contributed by atoms with Gasteiger partial charge in [0.1, 0.15) is 5.75 Å². The first-order valence-corrected chi connectivity index (χ1v) is 6.40. The Morgan fingerprint density at radius 1 is 1.47 bits per heavy atom. The largest absolute Gasteiger partial charge is 0.491 e. The zero-order valence-electron chi connectivity index (χ0n) is 8.59. The topological polar surface area (TPSA) is 107 Å². The van der Waals surface area contributed by atoms with Crippen LogP contribution in [0.4, 0.5) is 0 Å². The molecule has 0 aliphatic rings. The first-order chi connectivity index (χ1) is 7.80. The molecule has 0 aliphatic carbocycles. The molecule has 0 aliphatic heterocycles. The number of carboxylic acids is 1. The van der Waals surface area contributed by atoms with E-state index >= 15 is 0 Å². The van der Waals surface area contributed by atoms with E-state index in [0.717, 1.165) is 6.07 Å². The fraction of sp³-hybridized carbons (Fsp3) is 0.222. The van der Waals surface area contributed by atoms with E-state index in [0.29, 0.717) is 0 Å². The fourth-order valence-electron chi connectivity index (χ4n) is 1.02. The van der Waals surface area contributed by atoms with E-state index in [2.05, 4.69) is 0 Å². The lowest BCUT2D eigenvalue weighted by Crippen LogP contribution is -2.12. The molecule has 94 valence electrons. The van der Waals surface area contributed by atoms with Crippen LogP contribution in [0, 0.1) is 0 Å². The molecule has 17 heavy (non-hydrogen) atoms. The van der Waals surface area contributed by atoms with Crippen LogP contribution in [0.15, 0.2) is 23.1 Å². The molecule has 0 saturated heterocycles. The zero-order chi connectivity index (χ0) is 13.1. The van der Waals surface area contributed by atoms with Crippen molar-refractivity contribution in [2.75, 3.05) is 6.61 Å². The zero-order valence-corrected chi connectivity index (χ0v) is 10.2. The van der Waals surface area contributed by atoms with Crippen molar-refractivity contribution in [3.8, 4) is 5.75 Å². The highest BCUT2D eigenvalue weighted by Gasteiger charge is 2.11. The first kappa shape index (κ1) is 13.8. The lowest BCUT2D eigenvalue weighted by atomic mass is 10.3. The number of nitrogens with two attached hydrogens (primary N) is 1. The lowest BCUT2D eigenvalue weighted by molar-refractivity contribution is -0.137. The van der Waals surface area contributed by atoms with Gasteiger partial charge in [0.15, 0.2) is 0 Å². The Morgan fingerprint density at radius 3 is 2.59 bits per heavy atom. The number of hydrogen-bond acceptors (Lipinski definition) is 4. The fourth-order valence-corrected chi connectivity index (χ4v) is 1.86. The maximum absolute atomic E-state index is 11.0. The number of ether oxygens (including phenoxy) is 1. The Labute approximate surface area is 103 Å². The standard InChI is InChI=1S/C9H10ClNO5S/c10-7-5-6(17(11,14)15)1-2-8(7)16-4-3-9(12)13/h1-2,5H,3-4H2,(H,12,13)(H2,11,14,15). The van der Waals surface area contributed by atoms with Gasteiger partial charge in [-0.1, -0.05) is 11.6 Å². The van der Waals surface area contributed by atoms with Crippen molar-refractivity contribution in [3.63, 3.8) is 0 Å². The molecule has 0 fully saturated rings. The third-order valence-corrected chi connectivity index (χ3v) is 3.01. The van der Waals surface area contributed by atoms with E-state index in [1.807, 2.05) is 0 Å². The molecule has 0 amide bonds. The molecular weight excluding hydrogens is 270 g/mol. The van der Waals surface area contributed by atoms with Crippen LogP contribution in [-0.2, 0) is 14.8 Å². The predicted octanol–water partition coefficient (Wildman–Crippen LogP) is 0.841. The van der Waals surface area contributed by atoms with Gasteiger partial charge >= 0.3 is 5.97 Å². The van der Waals surface area contributed by atoms with E-state index in [9.17, 15) is 13.2 Å². The van der Waals surface area contributed by atoms with Gasteiger partial charge in [-0.05, 0) is 18.2 Å². The minimum absolute atomic E-state index is 0.0518. The van der Waals surface area contributed by atoms with Crippen molar-refractivity contribution < 1.29 is 23.1 Å². The number of rotatable bonds is 5. The molecule has 0 radical (unpaired) electrons. The summed E-state index contributed by atoms with van der Waals surface area (Å²) < 4.78 is 27.1. The highest BCUT2D eigenvalue weighted by atomic mass is 35.5. The molecule has 0 aromatic heterocycles. The van der Waals surface area contributed by atoms with Crippen molar-refractivity contribution >= 4 is 27.6 Å². The van der Waals surface area contributed by atoms with Crippen LogP contribution in [0.25, 0.3) is 0 Å². The molecule has 1 aromatic rings. The number of halogens is 1. The van der Waals surface area contributed by atoms with Crippen LogP contribution in [0.2, 0.25) is 5.02 Å². The quantitative estimate of drug-likeness (QED) is 0.830. The molecule has 1 aromatic carbocycles. The van der Waals surface area contributed by atoms with Crippen molar-refractivity contribution in [1.29, 1.82) is 0 Å². The van der Waals surface area contributed by atoms with Crippen molar-refractivity contribution in [2.24, 2.45) is 5.14 Å². The van der Waals surface area contributed by atoms with Crippen LogP contribution in [0.3, 0.4) is 0 Å². The third kappa shape index (κ3) is 4.22. The predicted molar refractivity (Wildman–Crippen MR) is 60.6 cm³/mol. The smallest absolute Gasteiger partial charge is 0.306 e. The second-order valence-electron chi connectivity index (χ2n) is 3.13. The van der Waals surface area contributed by atoms with Crippen molar-refractivity contribution in [3.05, 3.63) is 23.2 Å². The molecule has 8 heteroatoms. The molecule has 6 nitrogen and oxygen atoms in total. The molecule has 0 unspecified atom stereocenters. The summed E-state index contributed by atoms with van der Waals surface area (Å²) in [6.07, 6.45) is -0.173. The van der Waals surface area contributed by atoms with E-state index in [-0.39, 0.29) is 28.7 Å². The van der Waals surface area contributed by atoms with E-state index in [1.54, 1.807) is 0 Å². The average molecular weight is 280 g/mol. The lowest BCUT2D eigenvalue weighted by Gasteiger charge is -2.07. The molecular formula is C9H10ClNO5S. The summed E-state index contributed by atoms with van der Waals surface area (Å²) in [5.74, 6) is -0.789. The summed E-state index contributed by atoms with van der Waals surface area (Å²) in [6.45, 7) is -0.0518. The molecule has 0 saturated carbocycles. The summed E-state index contributed by atoms with van der Waals surface area (Å²) in [5.41, 5.74) is 0. The SMILES string of the molecule is NS(=O)(=O)c1ccc(OCCC(=O)O)c(Cl)c1. The highest BCUT2D eigenvalue weighted by molar-refractivity contribution is 7.89. The van der Waals surface area contributed by atoms with E-state index < -0.39 is 16.0 Å². The molecule has 1 rings (SSSR count). The van der Waals surface area contributed by atoms with Gasteiger partial charge in [-0.2, -0.15) is 0 Å². The van der Waals surface area contributed by atoms with Crippen molar-refractivity contribution in [1.82, 2.24) is 0 Å². The third-order valence-electron chi connectivity index (χ3n) is 1.81. The van der Waals surface area contributed by atoms with Gasteiger partial charge in [-0.3, -0.25) is 4.79 Å². The number of carboxylic acid groups (broad SMARTS) is 1. The van der Waals surface area contributed by atoms with Crippen molar-refractivity contribution in [2.45, 2.75) is 11.3 Å². The number of benzene rings is 1. The summed E-state index contributed by atoms with van der Waals surface area (Å²) in [4.78, 5) is 10.1. The maximum Gasteiger partial charge on any atom is 0.306 e. The number of hydrogen-bond donors (Lipinski definition) is 2. The summed E-state index contributed by atoms with van der Waals surface area (Å²) in [6, 6.07) is 3.70. The first-order valence-electron chi connectivity index (χ1n) is 4.47. The van der Waals surface area contributed by atoms with Gasteiger partial charge in [0.05, 0.1) is 22.9 Å². The van der Waals surface area contributed by atoms with Gasteiger partial charge in [-0.15, -0.1) is 0 Å². The Kier molecular flexibility index (Phi) is 4.33. The van der Waals surface area contributed by atoms with Crippen LogP contribution in [-0.4, -0.2) is 26.1 Å². The Balaban J connectivity index is 2.80. The second-order valence-corrected chi connectivity index (χ2v) is 5.10. The number of carbonyl (C=O) groups is 1. The van der Waals surface area contributed by atoms with Gasteiger partial charge in [-0.25, -0.2) is 13.6 Å². The monoisotopic (exact) mass is 279 g/mol. The Morgan fingerprint density at radius 2 is 2.12 bits per heavy atom. The van der Waals surface area contributed by atoms with E-state index in [1.165, 1.54) is 12.1 Å². The van der Waals surface area contributed by atoms with Crippen LogP contribution >= 0.6 is 11.6 Å². The summed E-state index contributed by atoms with van der Waals surface area (Å²) in [5, 5.41) is 13.4. The van der Waals surface area contributed by atoms with Crippen LogP contribution in [0.5, 0.6) is 5.75 Å². The maximum atomic E-state index is 11.0. The normalized spacial score (nSPS) is 11.2. The van der Waals surface area contributed by atoms with Gasteiger partial charge in [0.25, 0.3) is 0 Å². The highest BCUT2D eigenvalue weighted by Crippen LogP contribution is 2.26. The molecule has 0 heterocycles. The average Bonchev–Trinajstić information content (AvgIpc) is 2.18. The Bertz CT molecular complexity index is 528. The molecule has 0 atom stereocenters. The summed E-state index contributed by atoms with van der Waals surface area (Å²) in [7, 11) is -3.81. The van der Waals surface area contributed by atoms with Crippen LogP contribution < -0.4 is 9.88 Å². The number of aliphatic carboxylic acids is 1. The van der Waals surface area contributed by atoms with Gasteiger partial charge < -0.3 is 9.84 Å². The van der Waals surface area contributed by atoms with Crippen LogP contribution in [0.1, 0.15) is 6.42 Å². The van der Waals surface area contributed by atoms with E-state index in [4.69, 9.17) is 26.6 Å². The van der Waals surface area contributed by atoms with Gasteiger partial charge in [0, 0.05) is 0 Å².